The summed E-state index contributed by atoms with van der Waals surface area (Å²) in [5, 5.41) is 5.50. The molecule has 0 radical (unpaired) electrons. The number of amides is 2. The fourth-order valence-corrected chi connectivity index (χ4v) is 1.85. The summed E-state index contributed by atoms with van der Waals surface area (Å²) in [4.78, 5) is 15.8. The smallest absolute Gasteiger partial charge is 0.323 e. The maximum atomic E-state index is 11.9. The number of hydrogen-bond acceptors (Lipinski definition) is 3. The van der Waals surface area contributed by atoms with Gasteiger partial charge in [0.05, 0.1) is 30.1 Å². The van der Waals surface area contributed by atoms with Gasteiger partial charge in [-0.3, -0.25) is 4.98 Å². The summed E-state index contributed by atoms with van der Waals surface area (Å²) in [5.74, 6) is 0. The number of aromatic nitrogens is 1. The molecule has 19 heavy (non-hydrogen) atoms. The lowest BCUT2D eigenvalue weighted by Crippen LogP contribution is -2.19. The first-order valence-electron chi connectivity index (χ1n) is 5.76. The predicted octanol–water partition coefficient (Wildman–Crippen LogP) is 3.42. The van der Waals surface area contributed by atoms with E-state index in [9.17, 15) is 4.79 Å². The van der Waals surface area contributed by atoms with E-state index in [1.165, 1.54) is 0 Å². The Morgan fingerprint density at radius 2 is 2.11 bits per heavy atom. The largest absolute Gasteiger partial charge is 0.472 e. The van der Waals surface area contributed by atoms with Crippen LogP contribution in [-0.2, 0) is 0 Å². The molecule has 0 spiro atoms. The molecule has 1 aliphatic heterocycles. The van der Waals surface area contributed by atoms with Crippen molar-refractivity contribution in [1.29, 1.82) is 0 Å². The van der Waals surface area contributed by atoms with Gasteiger partial charge in [0.1, 0.15) is 0 Å². The van der Waals surface area contributed by atoms with Gasteiger partial charge in [0, 0.05) is 17.3 Å². The zero-order chi connectivity index (χ0) is 13.1. The lowest BCUT2D eigenvalue weighted by Gasteiger charge is -2.07. The van der Waals surface area contributed by atoms with Crippen LogP contribution in [0.3, 0.4) is 0 Å². The molecule has 94 valence electrons. The van der Waals surface area contributed by atoms with Crippen molar-refractivity contribution in [3.8, 4) is 11.1 Å². The molecule has 0 saturated carbocycles. The molecule has 1 aromatic rings. The lowest BCUT2D eigenvalue weighted by atomic mass is 10.2. The number of carbonyl (C=O) groups excluding carboxylic acids is 1. The Labute approximate surface area is 109 Å². The number of anilines is 2. The van der Waals surface area contributed by atoms with E-state index in [-0.39, 0.29) is 6.03 Å². The van der Waals surface area contributed by atoms with Gasteiger partial charge in [-0.15, -0.1) is 0 Å². The van der Waals surface area contributed by atoms with Gasteiger partial charge in [-0.25, -0.2) is 4.79 Å². The van der Waals surface area contributed by atoms with Crippen LogP contribution < -0.4 is 10.6 Å². The van der Waals surface area contributed by atoms with Crippen molar-refractivity contribution in [3.63, 3.8) is 0 Å². The van der Waals surface area contributed by atoms with Crippen LogP contribution in [0.4, 0.5) is 16.2 Å². The highest BCUT2D eigenvalue weighted by Crippen LogP contribution is 2.31. The van der Waals surface area contributed by atoms with Crippen molar-refractivity contribution in [2.24, 2.45) is 0 Å². The number of nitrogens with one attached hydrogen (secondary N) is 2. The van der Waals surface area contributed by atoms with E-state index in [0.717, 1.165) is 16.8 Å². The molecule has 1 aliphatic carbocycles. The Hall–Kier alpha value is -2.82. The molecular formula is C14H11N3O2. The lowest BCUT2D eigenvalue weighted by molar-refractivity contribution is 0.262. The number of carbonyl (C=O) groups is 1. The maximum absolute atomic E-state index is 11.9. The molecule has 0 saturated heterocycles. The van der Waals surface area contributed by atoms with Crippen molar-refractivity contribution in [2.45, 2.75) is 0 Å². The van der Waals surface area contributed by atoms with E-state index in [0.29, 0.717) is 5.69 Å². The molecule has 2 amide bonds. The number of urea groups is 1. The molecule has 0 aromatic carbocycles. The standard InChI is InChI=1S/C14H11N3O2/c18-14(16-11-2-1-6-15-8-11)17-13-4-3-10-9-19-7-5-12(10)13/h1-9H,(H2,16,17,18). The maximum Gasteiger partial charge on any atom is 0.323 e. The fourth-order valence-electron chi connectivity index (χ4n) is 1.85. The van der Waals surface area contributed by atoms with Crippen molar-refractivity contribution < 1.29 is 9.21 Å². The Balaban J connectivity index is 1.73. The van der Waals surface area contributed by atoms with Crippen LogP contribution in [0.25, 0.3) is 11.1 Å². The Morgan fingerprint density at radius 1 is 1.16 bits per heavy atom. The number of nitrogens with zero attached hydrogens (tertiary/aromatic N) is 1. The minimum atomic E-state index is -0.304. The van der Waals surface area contributed by atoms with Gasteiger partial charge >= 0.3 is 6.03 Å². The highest BCUT2D eigenvalue weighted by atomic mass is 16.3. The summed E-state index contributed by atoms with van der Waals surface area (Å²) in [6.07, 6.45) is 6.45. The average molecular weight is 253 g/mol. The Kier molecular flexibility index (Phi) is 2.86. The van der Waals surface area contributed by atoms with Crippen LogP contribution in [-0.4, -0.2) is 11.0 Å². The quantitative estimate of drug-likeness (QED) is 0.735. The fraction of sp³-hybridized carbons (Fsp3) is 0. The number of rotatable bonds is 2. The van der Waals surface area contributed by atoms with Crippen LogP contribution in [0.15, 0.2) is 59.7 Å². The van der Waals surface area contributed by atoms with Crippen LogP contribution in [0.1, 0.15) is 0 Å². The third kappa shape index (κ3) is 2.40. The van der Waals surface area contributed by atoms with E-state index < -0.39 is 0 Å². The van der Waals surface area contributed by atoms with E-state index in [4.69, 9.17) is 4.42 Å². The van der Waals surface area contributed by atoms with E-state index in [1.807, 2.05) is 18.2 Å². The second-order valence-corrected chi connectivity index (χ2v) is 3.99. The summed E-state index contributed by atoms with van der Waals surface area (Å²) < 4.78 is 5.07. The zero-order valence-corrected chi connectivity index (χ0v) is 9.96. The zero-order valence-electron chi connectivity index (χ0n) is 9.96. The summed E-state index contributed by atoms with van der Waals surface area (Å²) >= 11 is 0. The van der Waals surface area contributed by atoms with Gasteiger partial charge in [-0.05, 0) is 30.3 Å². The van der Waals surface area contributed by atoms with Crippen LogP contribution in [0, 0.1) is 0 Å². The third-order valence-corrected chi connectivity index (χ3v) is 2.71. The topological polar surface area (TPSA) is 67.2 Å². The van der Waals surface area contributed by atoms with Crippen molar-refractivity contribution >= 4 is 17.4 Å². The normalized spacial score (nSPS) is 10.3. The third-order valence-electron chi connectivity index (χ3n) is 2.71. The van der Waals surface area contributed by atoms with Gasteiger partial charge < -0.3 is 15.1 Å². The average Bonchev–Trinajstić information content (AvgIpc) is 2.83. The first kappa shape index (κ1) is 11.3. The molecule has 0 bridgehead atoms. The highest BCUT2D eigenvalue weighted by molar-refractivity contribution is 6.02. The first-order valence-corrected chi connectivity index (χ1v) is 5.76. The van der Waals surface area contributed by atoms with Crippen molar-refractivity contribution in [3.05, 3.63) is 55.3 Å². The molecule has 0 atom stereocenters. The summed E-state index contributed by atoms with van der Waals surface area (Å²) in [6.45, 7) is 0. The first-order chi connectivity index (χ1) is 9.33. The molecule has 0 fully saturated rings. The predicted molar refractivity (Wildman–Crippen MR) is 72.2 cm³/mol. The second kappa shape index (κ2) is 4.81. The van der Waals surface area contributed by atoms with Crippen molar-refractivity contribution in [2.75, 3.05) is 10.6 Å². The van der Waals surface area contributed by atoms with Crippen LogP contribution in [0.2, 0.25) is 0 Å². The van der Waals surface area contributed by atoms with Crippen LogP contribution >= 0.6 is 0 Å². The SMILES string of the molecule is O=C(Nc1cccnc1)Nc1ccc2coccc1-2. The van der Waals surface area contributed by atoms with Gasteiger partial charge in [0.25, 0.3) is 0 Å². The summed E-state index contributed by atoms with van der Waals surface area (Å²) in [7, 11) is 0. The van der Waals surface area contributed by atoms with E-state index in [1.54, 1.807) is 37.1 Å². The molecule has 3 rings (SSSR count). The minimum Gasteiger partial charge on any atom is -0.472 e. The van der Waals surface area contributed by atoms with Crippen molar-refractivity contribution in [1.82, 2.24) is 4.98 Å². The highest BCUT2D eigenvalue weighted by Gasteiger charge is 2.11. The summed E-state index contributed by atoms with van der Waals surface area (Å²) in [6, 6.07) is 8.77. The molecule has 5 nitrogen and oxygen atoms in total. The molecule has 1 aromatic heterocycles. The molecule has 2 N–H and O–H groups in total. The minimum absolute atomic E-state index is 0.304. The van der Waals surface area contributed by atoms with Gasteiger partial charge in [-0.2, -0.15) is 0 Å². The second-order valence-electron chi connectivity index (χ2n) is 3.99. The molecule has 2 heterocycles. The molecule has 5 heteroatoms. The van der Waals surface area contributed by atoms with Gasteiger partial charge in [-0.1, -0.05) is 0 Å². The van der Waals surface area contributed by atoms with E-state index >= 15 is 0 Å². The molecule has 0 unspecified atom stereocenters. The number of fused-ring (bicyclic) bond motifs is 1. The van der Waals surface area contributed by atoms with Gasteiger partial charge in [0.15, 0.2) is 0 Å². The molecule has 2 aliphatic rings. The van der Waals surface area contributed by atoms with E-state index in [2.05, 4.69) is 15.6 Å². The Bertz CT molecular complexity index is 664. The number of hydrogen-bond donors (Lipinski definition) is 2. The monoisotopic (exact) mass is 253 g/mol. The molecular weight excluding hydrogens is 242 g/mol. The summed E-state index contributed by atoms with van der Waals surface area (Å²) in [5.41, 5.74) is 3.27. The van der Waals surface area contributed by atoms with Crippen LogP contribution in [0.5, 0.6) is 0 Å². The number of pyridine rings is 1. The van der Waals surface area contributed by atoms with Gasteiger partial charge in [0.2, 0.25) is 0 Å². The Morgan fingerprint density at radius 3 is 2.95 bits per heavy atom.